The van der Waals surface area contributed by atoms with Crippen molar-refractivity contribution < 1.29 is 0 Å². The maximum atomic E-state index is 6.21. The summed E-state index contributed by atoms with van der Waals surface area (Å²) in [7, 11) is 0. The number of nitrogens with zero attached hydrogens (tertiary/aromatic N) is 6. The molecule has 3 aromatic heterocycles. The van der Waals surface area contributed by atoms with E-state index in [1.807, 2.05) is 6.07 Å². The minimum atomic E-state index is 0.506. The Morgan fingerprint density at radius 2 is 1.84 bits per heavy atom. The van der Waals surface area contributed by atoms with Crippen molar-refractivity contribution in [2.24, 2.45) is 0 Å². The van der Waals surface area contributed by atoms with Crippen molar-refractivity contribution in [3.63, 3.8) is 0 Å². The second-order valence-corrected chi connectivity index (χ2v) is 7.77. The minimum absolute atomic E-state index is 0.506. The van der Waals surface area contributed by atoms with E-state index in [0.717, 1.165) is 53.9 Å². The molecule has 0 unspecified atom stereocenters. The van der Waals surface area contributed by atoms with Gasteiger partial charge >= 0.3 is 0 Å². The number of aromatic nitrogens is 4. The normalized spacial score (nSPS) is 18.1. The zero-order chi connectivity index (χ0) is 16.8. The van der Waals surface area contributed by atoms with Gasteiger partial charge in [0.25, 0.3) is 0 Å². The van der Waals surface area contributed by atoms with Crippen LogP contribution in [0.4, 0.5) is 11.6 Å². The van der Waals surface area contributed by atoms with Crippen molar-refractivity contribution in [1.29, 1.82) is 0 Å². The van der Waals surface area contributed by atoms with Gasteiger partial charge in [-0.3, -0.25) is 0 Å². The summed E-state index contributed by atoms with van der Waals surface area (Å²) in [5.41, 5.74) is 0. The maximum absolute atomic E-state index is 6.21. The first kappa shape index (κ1) is 15.3. The first-order valence-corrected chi connectivity index (χ1v) is 9.76. The van der Waals surface area contributed by atoms with E-state index in [1.54, 1.807) is 17.7 Å². The van der Waals surface area contributed by atoms with E-state index in [0.29, 0.717) is 11.1 Å². The van der Waals surface area contributed by atoms with Gasteiger partial charge in [0, 0.05) is 38.2 Å². The molecule has 6 nitrogen and oxygen atoms in total. The monoisotopic (exact) mass is 372 g/mol. The molecule has 2 aliphatic rings. The summed E-state index contributed by atoms with van der Waals surface area (Å²) < 4.78 is 0. The highest BCUT2D eigenvalue weighted by atomic mass is 35.5. The standard InChI is InChI=1S/C17H17ClN6S/c18-13-9-14(22-15(21-13)11-1-2-11)23-4-6-24(7-5-23)16-12-3-8-25-17(12)20-10-19-16/h3,8-11H,1-2,4-7H2. The number of hydrogen-bond acceptors (Lipinski definition) is 7. The molecule has 0 amide bonds. The zero-order valence-electron chi connectivity index (χ0n) is 13.6. The van der Waals surface area contributed by atoms with Gasteiger partial charge in [-0.25, -0.2) is 19.9 Å². The van der Waals surface area contributed by atoms with Crippen molar-refractivity contribution in [3.05, 3.63) is 34.8 Å². The van der Waals surface area contributed by atoms with Crippen LogP contribution in [0.25, 0.3) is 10.2 Å². The van der Waals surface area contributed by atoms with Crippen LogP contribution in [0, 0.1) is 0 Å². The Balaban J connectivity index is 1.35. The summed E-state index contributed by atoms with van der Waals surface area (Å²) in [6.45, 7) is 3.60. The molecule has 5 rings (SSSR count). The minimum Gasteiger partial charge on any atom is -0.353 e. The van der Waals surface area contributed by atoms with E-state index in [-0.39, 0.29) is 0 Å². The molecule has 2 fully saturated rings. The summed E-state index contributed by atoms with van der Waals surface area (Å²) in [5.74, 6) is 3.39. The van der Waals surface area contributed by atoms with E-state index in [9.17, 15) is 0 Å². The Bertz CT molecular complexity index is 916. The molecule has 3 aromatic rings. The highest BCUT2D eigenvalue weighted by Crippen LogP contribution is 2.39. The van der Waals surface area contributed by atoms with Crippen LogP contribution in [0.3, 0.4) is 0 Å². The molecule has 0 aromatic carbocycles. The third-order valence-electron chi connectivity index (χ3n) is 4.79. The van der Waals surface area contributed by atoms with E-state index >= 15 is 0 Å². The molecule has 0 radical (unpaired) electrons. The second kappa shape index (κ2) is 6.07. The number of piperazine rings is 1. The molecule has 0 N–H and O–H groups in total. The molecule has 4 heterocycles. The molecule has 0 atom stereocenters. The molecule has 0 bridgehead atoms. The Morgan fingerprint density at radius 1 is 1.04 bits per heavy atom. The molecule has 128 valence electrons. The van der Waals surface area contributed by atoms with Crippen LogP contribution >= 0.6 is 22.9 Å². The lowest BCUT2D eigenvalue weighted by atomic mass is 10.2. The number of thiophene rings is 1. The number of fused-ring (bicyclic) bond motifs is 1. The molecular formula is C17H17ClN6S. The molecule has 1 aliphatic heterocycles. The van der Waals surface area contributed by atoms with Gasteiger partial charge in [-0.1, -0.05) is 11.6 Å². The van der Waals surface area contributed by atoms with Gasteiger partial charge in [0.05, 0.1) is 5.39 Å². The van der Waals surface area contributed by atoms with Crippen molar-refractivity contribution in [2.75, 3.05) is 36.0 Å². The molecule has 1 saturated carbocycles. The summed E-state index contributed by atoms with van der Waals surface area (Å²) >= 11 is 7.87. The van der Waals surface area contributed by atoms with Crippen molar-refractivity contribution in [3.8, 4) is 0 Å². The fraction of sp³-hybridized carbons (Fsp3) is 0.412. The van der Waals surface area contributed by atoms with Crippen LogP contribution in [-0.2, 0) is 0 Å². The largest absolute Gasteiger partial charge is 0.353 e. The third-order valence-corrected chi connectivity index (χ3v) is 5.80. The topological polar surface area (TPSA) is 58.0 Å². The highest BCUT2D eigenvalue weighted by molar-refractivity contribution is 7.16. The summed E-state index contributed by atoms with van der Waals surface area (Å²) in [4.78, 5) is 23.7. The summed E-state index contributed by atoms with van der Waals surface area (Å²) in [6.07, 6.45) is 4.02. The van der Waals surface area contributed by atoms with Crippen molar-refractivity contribution in [2.45, 2.75) is 18.8 Å². The predicted molar refractivity (Wildman–Crippen MR) is 101 cm³/mol. The molecule has 1 saturated heterocycles. The number of hydrogen-bond donors (Lipinski definition) is 0. The first-order valence-electron chi connectivity index (χ1n) is 8.50. The third kappa shape index (κ3) is 2.91. The fourth-order valence-corrected chi connectivity index (χ4v) is 4.20. The van der Waals surface area contributed by atoms with Gasteiger partial charge in [-0.2, -0.15) is 0 Å². The van der Waals surface area contributed by atoms with Crippen LogP contribution in [0.5, 0.6) is 0 Å². The first-order chi connectivity index (χ1) is 12.3. The summed E-state index contributed by atoms with van der Waals surface area (Å²) in [6, 6.07) is 3.98. The second-order valence-electron chi connectivity index (χ2n) is 6.49. The van der Waals surface area contributed by atoms with Gasteiger partial charge in [-0.05, 0) is 24.3 Å². The lowest BCUT2D eigenvalue weighted by molar-refractivity contribution is 0.640. The van der Waals surface area contributed by atoms with Gasteiger partial charge in [0.1, 0.15) is 33.8 Å². The van der Waals surface area contributed by atoms with Crippen LogP contribution in [-0.4, -0.2) is 46.1 Å². The predicted octanol–water partition coefficient (Wildman–Crippen LogP) is 3.34. The number of anilines is 2. The fourth-order valence-electron chi connectivity index (χ4n) is 3.29. The van der Waals surface area contributed by atoms with Crippen LogP contribution in [0.2, 0.25) is 5.15 Å². The lowest BCUT2D eigenvalue weighted by Gasteiger charge is -2.36. The average molecular weight is 373 g/mol. The van der Waals surface area contributed by atoms with E-state index < -0.39 is 0 Å². The number of rotatable bonds is 3. The molecule has 25 heavy (non-hydrogen) atoms. The Labute approximate surface area is 154 Å². The SMILES string of the molecule is Clc1cc(N2CCN(c3ncnc4sccc34)CC2)nc(C2CC2)n1. The molecule has 0 spiro atoms. The van der Waals surface area contributed by atoms with Crippen molar-refractivity contribution >= 4 is 44.8 Å². The van der Waals surface area contributed by atoms with Gasteiger partial charge in [-0.15, -0.1) is 11.3 Å². The van der Waals surface area contributed by atoms with Gasteiger partial charge < -0.3 is 9.80 Å². The van der Waals surface area contributed by atoms with E-state index in [1.165, 1.54) is 12.8 Å². The number of halogens is 1. The van der Waals surface area contributed by atoms with Gasteiger partial charge in [0.2, 0.25) is 0 Å². The summed E-state index contributed by atoms with van der Waals surface area (Å²) in [5, 5.41) is 3.76. The quantitative estimate of drug-likeness (QED) is 0.657. The Kier molecular flexibility index (Phi) is 3.71. The average Bonchev–Trinajstić information content (AvgIpc) is 3.38. The Morgan fingerprint density at radius 3 is 2.64 bits per heavy atom. The smallest absolute Gasteiger partial charge is 0.140 e. The van der Waals surface area contributed by atoms with Crippen LogP contribution in [0.15, 0.2) is 23.8 Å². The lowest BCUT2D eigenvalue weighted by Crippen LogP contribution is -2.47. The Hall–Kier alpha value is -1.99. The van der Waals surface area contributed by atoms with Gasteiger partial charge in [0.15, 0.2) is 0 Å². The molecule has 1 aliphatic carbocycles. The van der Waals surface area contributed by atoms with Crippen molar-refractivity contribution in [1.82, 2.24) is 19.9 Å². The molecular weight excluding hydrogens is 356 g/mol. The zero-order valence-corrected chi connectivity index (χ0v) is 15.2. The van der Waals surface area contributed by atoms with E-state index in [4.69, 9.17) is 16.6 Å². The van der Waals surface area contributed by atoms with E-state index in [2.05, 4.69) is 36.2 Å². The molecule has 8 heteroatoms. The maximum Gasteiger partial charge on any atom is 0.140 e. The van der Waals surface area contributed by atoms with Crippen LogP contribution < -0.4 is 9.80 Å². The van der Waals surface area contributed by atoms with Crippen LogP contribution in [0.1, 0.15) is 24.6 Å². The highest BCUT2D eigenvalue weighted by Gasteiger charge is 2.28.